The summed E-state index contributed by atoms with van der Waals surface area (Å²) in [5, 5.41) is 11.3. The monoisotopic (exact) mass is 508 g/mol. The lowest BCUT2D eigenvalue weighted by atomic mass is 9.95. The maximum absolute atomic E-state index is 13.8. The molecule has 0 unspecified atom stereocenters. The van der Waals surface area contributed by atoms with Crippen LogP contribution in [-0.2, 0) is 9.59 Å². The highest BCUT2D eigenvalue weighted by molar-refractivity contribution is 7.22. The lowest BCUT2D eigenvalue weighted by Crippen LogP contribution is -2.29. The van der Waals surface area contributed by atoms with Gasteiger partial charge in [-0.1, -0.05) is 17.4 Å². The summed E-state index contributed by atoms with van der Waals surface area (Å²) in [6.45, 7) is 0. The van der Waals surface area contributed by atoms with E-state index in [1.54, 1.807) is 18.2 Å². The van der Waals surface area contributed by atoms with Crippen molar-refractivity contribution in [1.29, 1.82) is 0 Å². The number of anilines is 1. The van der Waals surface area contributed by atoms with Gasteiger partial charge in [0, 0.05) is 5.56 Å². The fourth-order valence-corrected chi connectivity index (χ4v) is 5.14. The molecule has 182 valence electrons. The summed E-state index contributed by atoms with van der Waals surface area (Å²) in [5.74, 6) is -2.55. The van der Waals surface area contributed by atoms with Gasteiger partial charge in [0.15, 0.2) is 16.6 Å². The van der Waals surface area contributed by atoms with Crippen LogP contribution in [0.15, 0.2) is 66.2 Å². The van der Waals surface area contributed by atoms with Crippen LogP contribution in [0.4, 0.5) is 13.9 Å². The molecule has 2 heterocycles. The maximum atomic E-state index is 13.8. The van der Waals surface area contributed by atoms with Crippen molar-refractivity contribution >= 4 is 44.1 Å². The average molecular weight is 509 g/mol. The van der Waals surface area contributed by atoms with Crippen LogP contribution in [0.3, 0.4) is 0 Å². The zero-order valence-corrected chi connectivity index (χ0v) is 19.8. The van der Waals surface area contributed by atoms with Gasteiger partial charge in [-0.2, -0.15) is 0 Å². The van der Waals surface area contributed by atoms with Crippen LogP contribution in [0.25, 0.3) is 16.0 Å². The highest BCUT2D eigenvalue weighted by Gasteiger charge is 2.48. The number of carbonyl (C=O) groups is 2. The molecule has 0 saturated carbocycles. The number of amides is 1. The summed E-state index contributed by atoms with van der Waals surface area (Å²) in [7, 11) is 2.91. The number of rotatable bonds is 5. The van der Waals surface area contributed by atoms with Gasteiger partial charge in [-0.3, -0.25) is 14.5 Å². The Morgan fingerprint density at radius 2 is 1.64 bits per heavy atom. The lowest BCUT2D eigenvalue weighted by molar-refractivity contribution is -0.132. The zero-order chi connectivity index (χ0) is 25.6. The molecule has 1 aromatic heterocycles. The van der Waals surface area contributed by atoms with E-state index in [0.717, 1.165) is 23.5 Å². The first kappa shape index (κ1) is 23.4. The number of halogens is 2. The van der Waals surface area contributed by atoms with Crippen LogP contribution in [0, 0.1) is 11.6 Å². The molecule has 0 aliphatic carbocycles. The minimum Gasteiger partial charge on any atom is -0.507 e. The third-order valence-corrected chi connectivity index (χ3v) is 6.85. The van der Waals surface area contributed by atoms with Crippen molar-refractivity contribution < 1.29 is 33.0 Å². The van der Waals surface area contributed by atoms with Gasteiger partial charge in [-0.25, -0.2) is 13.8 Å². The van der Waals surface area contributed by atoms with E-state index < -0.39 is 35.1 Å². The molecule has 36 heavy (non-hydrogen) atoms. The SMILES string of the molecule is COc1ccc([C@@H]2/C(=C(\O)c3ccc(F)cc3)C(=O)C(=O)N2c2nc3ccc(F)cc3s2)cc1OC. The molecule has 1 atom stereocenters. The lowest BCUT2D eigenvalue weighted by Gasteiger charge is -2.23. The molecule has 10 heteroatoms. The number of aliphatic hydroxyl groups is 1. The van der Waals surface area contributed by atoms with Crippen LogP contribution >= 0.6 is 11.3 Å². The molecule has 7 nitrogen and oxygen atoms in total. The summed E-state index contributed by atoms with van der Waals surface area (Å²) in [6, 6.07) is 12.7. The van der Waals surface area contributed by atoms with E-state index in [2.05, 4.69) is 4.98 Å². The minimum atomic E-state index is -1.10. The van der Waals surface area contributed by atoms with Crippen LogP contribution in [0.5, 0.6) is 11.5 Å². The molecule has 1 amide bonds. The maximum Gasteiger partial charge on any atom is 0.301 e. The fraction of sp³-hybridized carbons (Fsp3) is 0.115. The molecule has 4 aromatic rings. The second kappa shape index (κ2) is 9.04. The van der Waals surface area contributed by atoms with E-state index in [-0.39, 0.29) is 16.3 Å². The molecule has 1 N–H and O–H groups in total. The van der Waals surface area contributed by atoms with Crippen molar-refractivity contribution in [2.24, 2.45) is 0 Å². The normalized spacial score (nSPS) is 17.1. The Balaban J connectivity index is 1.75. The number of thiazole rings is 1. The Labute approximate surface area is 207 Å². The van der Waals surface area contributed by atoms with Gasteiger partial charge in [-0.05, 0) is 60.2 Å². The number of aromatic nitrogens is 1. The minimum absolute atomic E-state index is 0.149. The van der Waals surface area contributed by atoms with Crippen LogP contribution in [-0.4, -0.2) is 36.0 Å². The summed E-state index contributed by atoms with van der Waals surface area (Å²) in [4.78, 5) is 32.2. The Morgan fingerprint density at radius 3 is 2.33 bits per heavy atom. The Kier molecular flexibility index (Phi) is 5.89. The van der Waals surface area contributed by atoms with Gasteiger partial charge in [0.2, 0.25) is 0 Å². The number of hydrogen-bond acceptors (Lipinski definition) is 7. The highest BCUT2D eigenvalue weighted by Crippen LogP contribution is 2.45. The van der Waals surface area contributed by atoms with Gasteiger partial charge < -0.3 is 14.6 Å². The van der Waals surface area contributed by atoms with Crippen LogP contribution < -0.4 is 14.4 Å². The molecule has 3 aromatic carbocycles. The number of ether oxygens (including phenoxy) is 2. The summed E-state index contributed by atoms with van der Waals surface area (Å²) in [6.07, 6.45) is 0. The summed E-state index contributed by atoms with van der Waals surface area (Å²) in [5.41, 5.74) is 0.833. The number of methoxy groups -OCH3 is 2. The van der Waals surface area contributed by atoms with E-state index in [0.29, 0.717) is 27.3 Å². The molecule has 0 spiro atoms. The van der Waals surface area contributed by atoms with Gasteiger partial charge in [0.05, 0.1) is 36.1 Å². The molecule has 0 bridgehead atoms. The second-order valence-corrected chi connectivity index (χ2v) is 8.91. The van der Waals surface area contributed by atoms with Gasteiger partial charge in [0.1, 0.15) is 17.4 Å². The standard InChI is InChI=1S/C26H18F2N2O5S/c1-34-18-10-5-14(11-19(18)35-2)22-21(23(31)13-3-6-15(27)7-4-13)24(32)25(33)30(22)26-29-17-9-8-16(28)12-20(17)36-26/h3-12,22,31H,1-2H3/b23-21+/t22-/m1/s1. The number of fused-ring (bicyclic) bond motifs is 1. The number of ketones is 1. The molecule has 1 fully saturated rings. The molecule has 0 radical (unpaired) electrons. The first-order valence-electron chi connectivity index (χ1n) is 10.7. The van der Waals surface area contributed by atoms with E-state index >= 15 is 0 Å². The number of carbonyl (C=O) groups excluding carboxylic acids is 2. The van der Waals surface area contributed by atoms with Crippen molar-refractivity contribution in [3.8, 4) is 11.5 Å². The van der Waals surface area contributed by atoms with E-state index in [4.69, 9.17) is 9.47 Å². The number of hydrogen-bond donors (Lipinski definition) is 1. The molecule has 1 aliphatic rings. The Morgan fingerprint density at radius 1 is 0.944 bits per heavy atom. The second-order valence-electron chi connectivity index (χ2n) is 7.90. The summed E-state index contributed by atoms with van der Waals surface area (Å²) >= 11 is 1.03. The van der Waals surface area contributed by atoms with Gasteiger partial charge in [-0.15, -0.1) is 0 Å². The predicted molar refractivity (Wildman–Crippen MR) is 130 cm³/mol. The molecular weight excluding hydrogens is 490 g/mol. The van der Waals surface area contributed by atoms with Crippen molar-refractivity contribution in [1.82, 2.24) is 4.98 Å². The van der Waals surface area contributed by atoms with Crippen molar-refractivity contribution in [3.05, 3.63) is 89.0 Å². The number of aliphatic hydroxyl groups excluding tert-OH is 1. The van der Waals surface area contributed by atoms with Gasteiger partial charge in [0.25, 0.3) is 5.78 Å². The Bertz CT molecular complexity index is 1550. The Hall–Kier alpha value is -4.31. The van der Waals surface area contributed by atoms with Crippen molar-refractivity contribution in [2.45, 2.75) is 6.04 Å². The third kappa shape index (κ3) is 3.85. The topological polar surface area (TPSA) is 89.0 Å². The van der Waals surface area contributed by atoms with Gasteiger partial charge >= 0.3 is 5.91 Å². The van der Waals surface area contributed by atoms with Crippen LogP contribution in [0.1, 0.15) is 17.2 Å². The third-order valence-electron chi connectivity index (χ3n) is 5.83. The summed E-state index contributed by atoms with van der Waals surface area (Å²) < 4.78 is 38.5. The molecular formula is C26H18F2N2O5S. The van der Waals surface area contributed by atoms with Crippen LogP contribution in [0.2, 0.25) is 0 Å². The first-order chi connectivity index (χ1) is 17.3. The van der Waals surface area contributed by atoms with E-state index in [1.807, 2.05) is 0 Å². The van der Waals surface area contributed by atoms with E-state index in [1.165, 1.54) is 49.5 Å². The first-order valence-corrected chi connectivity index (χ1v) is 11.5. The number of nitrogens with zero attached hydrogens (tertiary/aromatic N) is 2. The molecule has 5 rings (SSSR count). The van der Waals surface area contributed by atoms with Crippen molar-refractivity contribution in [2.75, 3.05) is 19.1 Å². The molecule has 1 aliphatic heterocycles. The quantitative estimate of drug-likeness (QED) is 0.226. The number of Topliss-reactive ketones (excluding diaryl/α,β-unsaturated/α-hetero) is 1. The molecule has 1 saturated heterocycles. The highest BCUT2D eigenvalue weighted by atomic mass is 32.1. The largest absolute Gasteiger partial charge is 0.507 e. The zero-order valence-electron chi connectivity index (χ0n) is 19.0. The smallest absolute Gasteiger partial charge is 0.301 e. The van der Waals surface area contributed by atoms with Crippen molar-refractivity contribution in [3.63, 3.8) is 0 Å². The average Bonchev–Trinajstić information content (AvgIpc) is 3.41. The predicted octanol–water partition coefficient (Wildman–Crippen LogP) is 5.22. The van der Waals surface area contributed by atoms with E-state index in [9.17, 15) is 23.5 Å². The number of benzene rings is 3. The fourth-order valence-electron chi connectivity index (χ4n) is 4.12.